The molecule has 1 aromatic carbocycles. The number of hydrogen-bond acceptors (Lipinski definition) is 2. The maximum Gasteiger partial charge on any atom is 0.326 e. The zero-order valence-corrected chi connectivity index (χ0v) is 11.3. The van der Waals surface area contributed by atoms with Crippen LogP contribution >= 0.6 is 0 Å². The SMILES string of the molecule is Cc1cc(C)cc(C(=O)NC(CC2CC2)C(=O)O)c1. The normalized spacial score (nSPS) is 15.9. The molecule has 0 spiro atoms. The van der Waals surface area contributed by atoms with E-state index in [0.717, 1.165) is 24.0 Å². The van der Waals surface area contributed by atoms with E-state index in [-0.39, 0.29) is 5.91 Å². The van der Waals surface area contributed by atoms with Gasteiger partial charge in [0.15, 0.2) is 0 Å². The van der Waals surface area contributed by atoms with Crippen LogP contribution in [0.4, 0.5) is 0 Å². The molecule has 4 heteroatoms. The van der Waals surface area contributed by atoms with Gasteiger partial charge in [-0.2, -0.15) is 0 Å². The molecule has 2 rings (SSSR count). The summed E-state index contributed by atoms with van der Waals surface area (Å²) >= 11 is 0. The summed E-state index contributed by atoms with van der Waals surface area (Å²) in [5.74, 6) is -0.801. The highest BCUT2D eigenvalue weighted by Gasteiger charge is 2.30. The average molecular weight is 261 g/mol. The molecule has 0 bridgehead atoms. The fraction of sp³-hybridized carbons (Fsp3) is 0.467. The van der Waals surface area contributed by atoms with Gasteiger partial charge in [0.05, 0.1) is 0 Å². The molecule has 1 atom stereocenters. The van der Waals surface area contributed by atoms with Crippen molar-refractivity contribution in [2.24, 2.45) is 5.92 Å². The van der Waals surface area contributed by atoms with Crippen molar-refractivity contribution in [1.29, 1.82) is 0 Å². The van der Waals surface area contributed by atoms with Crippen LogP contribution in [0.25, 0.3) is 0 Å². The highest BCUT2D eigenvalue weighted by Crippen LogP contribution is 2.33. The van der Waals surface area contributed by atoms with E-state index in [9.17, 15) is 9.59 Å². The molecule has 1 amide bonds. The minimum absolute atomic E-state index is 0.306. The van der Waals surface area contributed by atoms with Crippen molar-refractivity contribution in [3.8, 4) is 0 Å². The van der Waals surface area contributed by atoms with Gasteiger partial charge in [-0.1, -0.05) is 30.0 Å². The Morgan fingerprint density at radius 1 is 1.26 bits per heavy atom. The lowest BCUT2D eigenvalue weighted by molar-refractivity contribution is -0.139. The van der Waals surface area contributed by atoms with E-state index in [4.69, 9.17) is 5.11 Å². The quantitative estimate of drug-likeness (QED) is 0.854. The van der Waals surface area contributed by atoms with Gasteiger partial charge in [-0.05, 0) is 38.3 Å². The van der Waals surface area contributed by atoms with E-state index < -0.39 is 12.0 Å². The predicted octanol–water partition coefficient (Wildman–Crippen LogP) is 2.29. The summed E-state index contributed by atoms with van der Waals surface area (Å²) in [6.07, 6.45) is 2.68. The molecule has 0 heterocycles. The van der Waals surface area contributed by atoms with Crippen molar-refractivity contribution in [2.75, 3.05) is 0 Å². The molecule has 1 unspecified atom stereocenters. The Labute approximate surface area is 112 Å². The first-order valence-electron chi connectivity index (χ1n) is 6.57. The standard InChI is InChI=1S/C15H19NO3/c1-9-5-10(2)7-12(6-9)14(17)16-13(15(18)19)8-11-3-4-11/h5-7,11,13H,3-4,8H2,1-2H3,(H,16,17)(H,18,19). The summed E-state index contributed by atoms with van der Waals surface area (Å²) in [5.41, 5.74) is 2.53. The van der Waals surface area contributed by atoms with Gasteiger partial charge in [-0.15, -0.1) is 0 Å². The Bertz CT molecular complexity index is 486. The molecule has 1 aromatic rings. The van der Waals surface area contributed by atoms with E-state index in [1.54, 1.807) is 12.1 Å². The van der Waals surface area contributed by atoms with Crippen molar-refractivity contribution in [3.05, 3.63) is 34.9 Å². The number of nitrogens with one attached hydrogen (secondary N) is 1. The van der Waals surface area contributed by atoms with E-state index in [1.807, 2.05) is 19.9 Å². The molecule has 1 aliphatic carbocycles. The van der Waals surface area contributed by atoms with Crippen molar-refractivity contribution < 1.29 is 14.7 Å². The Hall–Kier alpha value is -1.84. The minimum atomic E-state index is -0.954. The Kier molecular flexibility index (Phi) is 3.88. The van der Waals surface area contributed by atoms with Crippen LogP contribution in [0.2, 0.25) is 0 Å². The number of rotatable bonds is 5. The Balaban J connectivity index is 2.07. The van der Waals surface area contributed by atoms with Gasteiger partial charge >= 0.3 is 5.97 Å². The fourth-order valence-corrected chi connectivity index (χ4v) is 2.26. The Morgan fingerprint density at radius 2 is 1.84 bits per heavy atom. The monoisotopic (exact) mass is 261 g/mol. The molecule has 1 fully saturated rings. The fourth-order valence-electron chi connectivity index (χ4n) is 2.26. The predicted molar refractivity (Wildman–Crippen MR) is 72.1 cm³/mol. The smallest absolute Gasteiger partial charge is 0.326 e. The number of aryl methyl sites for hydroxylation is 2. The lowest BCUT2D eigenvalue weighted by Crippen LogP contribution is -2.41. The van der Waals surface area contributed by atoms with Gasteiger partial charge in [-0.25, -0.2) is 4.79 Å². The van der Waals surface area contributed by atoms with Crippen molar-refractivity contribution in [1.82, 2.24) is 5.32 Å². The lowest BCUT2D eigenvalue weighted by Gasteiger charge is -2.14. The molecule has 0 aromatic heterocycles. The maximum absolute atomic E-state index is 12.1. The van der Waals surface area contributed by atoms with E-state index >= 15 is 0 Å². The van der Waals surface area contributed by atoms with Crippen LogP contribution in [0.1, 0.15) is 40.7 Å². The van der Waals surface area contributed by atoms with Crippen LogP contribution in [0.5, 0.6) is 0 Å². The van der Waals surface area contributed by atoms with Crippen LogP contribution in [-0.2, 0) is 4.79 Å². The van der Waals surface area contributed by atoms with Crippen molar-refractivity contribution in [2.45, 2.75) is 39.2 Å². The van der Waals surface area contributed by atoms with Crippen molar-refractivity contribution in [3.63, 3.8) is 0 Å². The highest BCUT2D eigenvalue weighted by atomic mass is 16.4. The number of amides is 1. The van der Waals surface area contributed by atoms with Crippen LogP contribution < -0.4 is 5.32 Å². The molecule has 1 aliphatic rings. The first kappa shape index (κ1) is 13.6. The first-order chi connectivity index (χ1) is 8.95. The average Bonchev–Trinajstić information content (AvgIpc) is 3.10. The van der Waals surface area contributed by atoms with Crippen LogP contribution in [0.15, 0.2) is 18.2 Å². The maximum atomic E-state index is 12.1. The minimum Gasteiger partial charge on any atom is -0.480 e. The number of benzene rings is 1. The Morgan fingerprint density at radius 3 is 2.32 bits per heavy atom. The third kappa shape index (κ3) is 3.81. The van der Waals surface area contributed by atoms with Gasteiger partial charge in [-0.3, -0.25) is 4.79 Å². The molecule has 19 heavy (non-hydrogen) atoms. The largest absolute Gasteiger partial charge is 0.480 e. The zero-order valence-electron chi connectivity index (χ0n) is 11.3. The number of aliphatic carboxylic acids is 1. The third-order valence-electron chi connectivity index (χ3n) is 3.35. The molecular formula is C15H19NO3. The van der Waals surface area contributed by atoms with Crippen LogP contribution in [0.3, 0.4) is 0 Å². The molecule has 0 aliphatic heterocycles. The van der Waals surface area contributed by atoms with Gasteiger partial charge < -0.3 is 10.4 Å². The summed E-state index contributed by atoms with van der Waals surface area (Å²) in [6.45, 7) is 3.84. The molecule has 2 N–H and O–H groups in total. The second kappa shape index (κ2) is 5.43. The van der Waals surface area contributed by atoms with E-state index in [0.29, 0.717) is 17.9 Å². The van der Waals surface area contributed by atoms with Gasteiger partial charge in [0.25, 0.3) is 5.91 Å². The second-order valence-electron chi connectivity index (χ2n) is 5.42. The lowest BCUT2D eigenvalue weighted by atomic mass is 10.1. The number of carbonyl (C=O) groups excluding carboxylic acids is 1. The number of carboxylic acids is 1. The molecule has 0 saturated heterocycles. The molecule has 4 nitrogen and oxygen atoms in total. The zero-order chi connectivity index (χ0) is 14.0. The number of hydrogen-bond donors (Lipinski definition) is 2. The number of carboxylic acid groups (broad SMARTS) is 1. The van der Waals surface area contributed by atoms with Crippen LogP contribution in [-0.4, -0.2) is 23.0 Å². The van der Waals surface area contributed by atoms with Crippen molar-refractivity contribution >= 4 is 11.9 Å². The first-order valence-corrected chi connectivity index (χ1v) is 6.57. The van der Waals surface area contributed by atoms with Gasteiger partial charge in [0.1, 0.15) is 6.04 Å². The number of carbonyl (C=O) groups is 2. The summed E-state index contributed by atoms with van der Waals surface area (Å²) in [4.78, 5) is 23.2. The van der Waals surface area contributed by atoms with Crippen LogP contribution in [0, 0.1) is 19.8 Å². The summed E-state index contributed by atoms with van der Waals surface area (Å²) in [5, 5.41) is 11.8. The molecule has 0 radical (unpaired) electrons. The van der Waals surface area contributed by atoms with Gasteiger partial charge in [0.2, 0.25) is 0 Å². The van der Waals surface area contributed by atoms with E-state index in [1.165, 1.54) is 0 Å². The molecule has 102 valence electrons. The second-order valence-corrected chi connectivity index (χ2v) is 5.42. The topological polar surface area (TPSA) is 66.4 Å². The molecule has 1 saturated carbocycles. The highest BCUT2D eigenvalue weighted by molar-refractivity contribution is 5.96. The van der Waals surface area contributed by atoms with Gasteiger partial charge in [0, 0.05) is 5.56 Å². The summed E-state index contributed by atoms with van der Waals surface area (Å²) < 4.78 is 0. The summed E-state index contributed by atoms with van der Waals surface area (Å²) in [6, 6.07) is 4.76. The summed E-state index contributed by atoms with van der Waals surface area (Å²) in [7, 11) is 0. The third-order valence-corrected chi connectivity index (χ3v) is 3.35. The van der Waals surface area contributed by atoms with E-state index in [2.05, 4.69) is 5.32 Å². The molecular weight excluding hydrogens is 242 g/mol.